The van der Waals surface area contributed by atoms with Gasteiger partial charge in [-0.2, -0.15) is 0 Å². The van der Waals surface area contributed by atoms with Crippen molar-refractivity contribution in [2.24, 2.45) is 5.92 Å². The highest BCUT2D eigenvalue weighted by Gasteiger charge is 2.59. The Morgan fingerprint density at radius 2 is 1.74 bits per heavy atom. The zero-order valence-corrected chi connectivity index (χ0v) is 21.0. The molecule has 3 aliphatic rings. The minimum Gasteiger partial charge on any atom is -0.341 e. The molecule has 4 rings (SSSR count). The first-order valence-corrected chi connectivity index (χ1v) is 12.5. The lowest BCUT2D eigenvalue weighted by Gasteiger charge is -2.45. The first-order chi connectivity index (χ1) is 16.6. The van der Waals surface area contributed by atoms with Crippen LogP contribution in [-0.4, -0.2) is 76.2 Å². The van der Waals surface area contributed by atoms with Crippen LogP contribution in [0, 0.1) is 18.7 Å². The van der Waals surface area contributed by atoms with Crippen LogP contribution >= 0.6 is 0 Å². The van der Waals surface area contributed by atoms with Gasteiger partial charge in [-0.3, -0.25) is 19.3 Å². The van der Waals surface area contributed by atoms with E-state index in [9.17, 15) is 23.6 Å². The molecule has 0 bridgehead atoms. The van der Waals surface area contributed by atoms with Gasteiger partial charge in [0.05, 0.1) is 5.56 Å². The summed E-state index contributed by atoms with van der Waals surface area (Å²) in [7, 11) is 1.54. The maximum Gasteiger partial charge on any atom is 0.327 e. The molecule has 0 radical (unpaired) electrons. The Morgan fingerprint density at radius 1 is 1.11 bits per heavy atom. The normalized spacial score (nSPS) is 21.4. The number of piperidine rings is 1. The van der Waals surface area contributed by atoms with Crippen LogP contribution in [0.4, 0.5) is 9.18 Å². The van der Waals surface area contributed by atoms with Crippen molar-refractivity contribution >= 4 is 23.8 Å². The lowest BCUT2D eigenvalue weighted by molar-refractivity contribution is -0.142. The van der Waals surface area contributed by atoms with Crippen molar-refractivity contribution in [3.05, 3.63) is 35.1 Å². The molecule has 1 N–H and O–H groups in total. The summed E-state index contributed by atoms with van der Waals surface area (Å²) in [6, 6.07) is 3.29. The summed E-state index contributed by atoms with van der Waals surface area (Å²) in [5.41, 5.74) is -0.247. The molecule has 8 nitrogen and oxygen atoms in total. The topological polar surface area (TPSA) is 90.0 Å². The molecule has 1 atom stereocenters. The van der Waals surface area contributed by atoms with Crippen LogP contribution in [0.2, 0.25) is 0 Å². The first kappa shape index (κ1) is 25.1. The van der Waals surface area contributed by atoms with Gasteiger partial charge in [-0.15, -0.1) is 0 Å². The number of urea groups is 1. The van der Waals surface area contributed by atoms with Crippen LogP contribution < -0.4 is 5.32 Å². The van der Waals surface area contributed by atoms with Crippen molar-refractivity contribution in [2.45, 2.75) is 76.9 Å². The van der Waals surface area contributed by atoms with E-state index in [0.29, 0.717) is 25.9 Å². The van der Waals surface area contributed by atoms with Gasteiger partial charge in [0.1, 0.15) is 17.4 Å². The summed E-state index contributed by atoms with van der Waals surface area (Å²) >= 11 is 0. The second-order valence-electron chi connectivity index (χ2n) is 10.5. The molecule has 0 aromatic heterocycles. The highest BCUT2D eigenvalue weighted by atomic mass is 19.1. The van der Waals surface area contributed by atoms with Crippen LogP contribution in [0.5, 0.6) is 0 Å². The Bertz CT molecular complexity index is 1030. The first-order valence-electron chi connectivity index (χ1n) is 12.5. The van der Waals surface area contributed by atoms with Gasteiger partial charge >= 0.3 is 6.03 Å². The Hall–Kier alpha value is -2.97. The van der Waals surface area contributed by atoms with E-state index in [1.807, 2.05) is 13.8 Å². The molecule has 2 saturated heterocycles. The molecule has 5 amide bonds. The number of nitrogens with zero attached hydrogens (tertiary/aromatic N) is 3. The highest BCUT2D eigenvalue weighted by molar-refractivity contribution is 6.07. The molecule has 1 spiro atoms. The molecule has 3 fully saturated rings. The van der Waals surface area contributed by atoms with Crippen molar-refractivity contribution in [2.75, 3.05) is 20.1 Å². The molecule has 35 heavy (non-hydrogen) atoms. The number of benzene rings is 1. The fraction of sp³-hybridized carbons (Fsp3) is 0.615. The fourth-order valence-corrected chi connectivity index (χ4v) is 5.81. The van der Waals surface area contributed by atoms with E-state index in [0.717, 1.165) is 31.2 Å². The SMILES string of the molecule is Cc1ccc(F)c(C(=O)N[C@@H](C(=O)N2CCC3(CC2)C(=O)N(C)C(=O)N3C2CCCC2)C(C)C)c1. The number of hydrogen-bond acceptors (Lipinski definition) is 4. The third-order valence-corrected chi connectivity index (χ3v) is 7.83. The summed E-state index contributed by atoms with van der Waals surface area (Å²) in [5.74, 6) is -1.93. The number of imide groups is 1. The quantitative estimate of drug-likeness (QED) is 0.648. The average molecular weight is 487 g/mol. The van der Waals surface area contributed by atoms with Crippen LogP contribution in [-0.2, 0) is 9.59 Å². The van der Waals surface area contributed by atoms with Crippen LogP contribution in [0.3, 0.4) is 0 Å². The number of nitrogens with one attached hydrogen (secondary N) is 1. The molecule has 0 unspecified atom stereocenters. The number of carbonyl (C=O) groups excluding carboxylic acids is 4. The molecular formula is C26H35FN4O4. The molecule has 1 aromatic rings. The molecule has 2 aliphatic heterocycles. The number of likely N-dealkylation sites (tertiary alicyclic amines) is 1. The van der Waals surface area contributed by atoms with Gasteiger partial charge < -0.3 is 15.1 Å². The van der Waals surface area contributed by atoms with Crippen LogP contribution in [0.25, 0.3) is 0 Å². The van der Waals surface area contributed by atoms with Gasteiger partial charge in [0.2, 0.25) is 5.91 Å². The Kier molecular flexibility index (Phi) is 6.88. The van der Waals surface area contributed by atoms with Gasteiger partial charge in [0.15, 0.2) is 0 Å². The molecule has 190 valence electrons. The third kappa shape index (κ3) is 4.41. The predicted octanol–water partition coefficient (Wildman–Crippen LogP) is 3.09. The number of aryl methyl sites for hydroxylation is 1. The number of carbonyl (C=O) groups is 4. The molecule has 1 aromatic carbocycles. The van der Waals surface area contributed by atoms with Gasteiger partial charge in [0, 0.05) is 26.2 Å². The van der Waals surface area contributed by atoms with E-state index in [-0.39, 0.29) is 35.4 Å². The standard InChI is InChI=1S/C26H35FN4O4/c1-16(2)21(28-22(32)19-15-17(3)9-10-20(19)27)23(33)30-13-11-26(12-14-30)24(34)29(4)25(35)31(26)18-7-5-6-8-18/h9-10,15-16,18,21H,5-8,11-14H2,1-4H3,(H,28,32)/t21-/m1/s1. The van der Waals surface area contributed by atoms with Gasteiger partial charge in [-0.1, -0.05) is 38.3 Å². The Morgan fingerprint density at radius 3 is 2.34 bits per heavy atom. The lowest BCUT2D eigenvalue weighted by Crippen LogP contribution is -2.61. The van der Waals surface area contributed by atoms with E-state index in [2.05, 4.69) is 5.32 Å². The Labute approximate surface area is 205 Å². The van der Waals surface area contributed by atoms with E-state index in [1.54, 1.807) is 22.8 Å². The average Bonchev–Trinajstić information content (AvgIpc) is 3.41. The van der Waals surface area contributed by atoms with Gasteiger partial charge in [0.25, 0.3) is 11.8 Å². The summed E-state index contributed by atoms with van der Waals surface area (Å²) in [5, 5.41) is 2.73. The molecule has 9 heteroatoms. The van der Waals surface area contributed by atoms with Crippen LogP contribution in [0.1, 0.15) is 68.3 Å². The Balaban J connectivity index is 1.48. The third-order valence-electron chi connectivity index (χ3n) is 7.83. The van der Waals surface area contributed by atoms with E-state index in [1.165, 1.54) is 24.1 Å². The maximum absolute atomic E-state index is 14.2. The van der Waals surface area contributed by atoms with Crippen LogP contribution in [0.15, 0.2) is 18.2 Å². The van der Waals surface area contributed by atoms with Gasteiger partial charge in [-0.05, 0) is 50.7 Å². The van der Waals surface area contributed by atoms with E-state index < -0.39 is 23.3 Å². The number of likely N-dealkylation sites (N-methyl/N-ethyl adjacent to an activating group) is 1. The second kappa shape index (κ2) is 9.59. The molecule has 1 saturated carbocycles. The zero-order chi connectivity index (χ0) is 25.5. The summed E-state index contributed by atoms with van der Waals surface area (Å²) in [4.78, 5) is 57.1. The van der Waals surface area contributed by atoms with Gasteiger partial charge in [-0.25, -0.2) is 9.18 Å². The van der Waals surface area contributed by atoms with Crippen molar-refractivity contribution in [3.63, 3.8) is 0 Å². The fourth-order valence-electron chi connectivity index (χ4n) is 5.81. The highest BCUT2D eigenvalue weighted by Crippen LogP contribution is 2.41. The molecular weight excluding hydrogens is 451 g/mol. The number of hydrogen-bond donors (Lipinski definition) is 1. The lowest BCUT2D eigenvalue weighted by atomic mass is 9.84. The smallest absolute Gasteiger partial charge is 0.327 e. The summed E-state index contributed by atoms with van der Waals surface area (Å²) < 4.78 is 14.2. The second-order valence-corrected chi connectivity index (χ2v) is 10.5. The van der Waals surface area contributed by atoms with Crippen molar-refractivity contribution < 1.29 is 23.6 Å². The predicted molar refractivity (Wildman–Crippen MR) is 128 cm³/mol. The number of rotatable bonds is 5. The monoisotopic (exact) mass is 486 g/mol. The zero-order valence-electron chi connectivity index (χ0n) is 21.0. The van der Waals surface area contributed by atoms with E-state index in [4.69, 9.17) is 0 Å². The largest absolute Gasteiger partial charge is 0.341 e. The minimum absolute atomic E-state index is 0.0607. The summed E-state index contributed by atoms with van der Waals surface area (Å²) in [6.07, 6.45) is 4.63. The number of halogens is 1. The summed E-state index contributed by atoms with van der Waals surface area (Å²) in [6.45, 7) is 6.06. The number of amides is 5. The van der Waals surface area contributed by atoms with E-state index >= 15 is 0 Å². The van der Waals surface area contributed by atoms with Crippen molar-refractivity contribution in [1.29, 1.82) is 0 Å². The maximum atomic E-state index is 14.2. The molecule has 2 heterocycles. The minimum atomic E-state index is -0.904. The molecule has 1 aliphatic carbocycles. The van der Waals surface area contributed by atoms with Crippen molar-refractivity contribution in [1.82, 2.24) is 20.0 Å². The van der Waals surface area contributed by atoms with Crippen molar-refractivity contribution in [3.8, 4) is 0 Å².